The Kier molecular flexibility index (Phi) is 2.28. The third-order valence-corrected chi connectivity index (χ3v) is 1.53. The van der Waals surface area contributed by atoms with Crippen LogP contribution in [0.2, 0.25) is 0 Å². The number of aromatic nitrogens is 2. The van der Waals surface area contributed by atoms with Crippen LogP contribution in [0.1, 0.15) is 11.4 Å². The Balaban J connectivity index is 2.83. The molecule has 1 rings (SSSR count). The summed E-state index contributed by atoms with van der Waals surface area (Å²) in [5.41, 5.74) is 1.66. The first-order chi connectivity index (χ1) is 5.59. The average molecular weight is 166 g/mol. The Hall–Kier alpha value is -1.58. The molecule has 1 heterocycles. The lowest BCUT2D eigenvalue weighted by Gasteiger charge is -1.87. The van der Waals surface area contributed by atoms with Crippen LogP contribution in [-0.2, 0) is 11.8 Å². The van der Waals surface area contributed by atoms with Gasteiger partial charge in [-0.15, -0.1) is 0 Å². The monoisotopic (exact) mass is 166 g/mol. The fraction of sp³-hybridized carbons (Fsp3) is 0.250. The quantitative estimate of drug-likeness (QED) is 0.662. The maximum Gasteiger partial charge on any atom is 0.328 e. The fourth-order valence-corrected chi connectivity index (χ4v) is 0.826. The summed E-state index contributed by atoms with van der Waals surface area (Å²) in [6.45, 7) is 1.91. The second kappa shape index (κ2) is 3.21. The van der Waals surface area contributed by atoms with Gasteiger partial charge in [0.25, 0.3) is 0 Å². The minimum atomic E-state index is -0.960. The average Bonchev–Trinajstić information content (AvgIpc) is 2.28. The van der Waals surface area contributed by atoms with Gasteiger partial charge in [-0.3, -0.25) is 4.68 Å². The summed E-state index contributed by atoms with van der Waals surface area (Å²) in [5, 5.41) is 12.4. The van der Waals surface area contributed by atoms with Gasteiger partial charge < -0.3 is 5.11 Å². The van der Waals surface area contributed by atoms with Crippen molar-refractivity contribution in [2.45, 2.75) is 6.92 Å². The lowest BCUT2D eigenvalue weighted by Crippen LogP contribution is -1.92. The van der Waals surface area contributed by atoms with Crippen molar-refractivity contribution in [2.24, 2.45) is 7.05 Å². The number of carboxylic acids is 1. The molecule has 1 N–H and O–H groups in total. The number of rotatable bonds is 2. The molecule has 4 heteroatoms. The van der Waals surface area contributed by atoms with E-state index in [-0.39, 0.29) is 0 Å². The summed E-state index contributed by atoms with van der Waals surface area (Å²) in [7, 11) is 1.81. The van der Waals surface area contributed by atoms with Gasteiger partial charge in [-0.1, -0.05) is 0 Å². The molecule has 1 aromatic heterocycles. The van der Waals surface area contributed by atoms with Crippen molar-refractivity contribution in [3.8, 4) is 0 Å². The highest BCUT2D eigenvalue weighted by molar-refractivity contribution is 5.84. The van der Waals surface area contributed by atoms with Gasteiger partial charge in [0.2, 0.25) is 0 Å². The first-order valence-electron chi connectivity index (χ1n) is 3.51. The highest BCUT2D eigenvalue weighted by atomic mass is 16.4. The number of hydrogen-bond acceptors (Lipinski definition) is 2. The van der Waals surface area contributed by atoms with Crippen molar-refractivity contribution in [3.63, 3.8) is 0 Å². The summed E-state index contributed by atoms with van der Waals surface area (Å²) >= 11 is 0. The standard InChI is InChI=1S/C8H10N2O2/c1-6-5-7(9-10(6)2)3-4-8(11)12/h3-5H,1-2H3,(H,11,12)/b4-3+. The third-order valence-electron chi connectivity index (χ3n) is 1.53. The van der Waals surface area contributed by atoms with Gasteiger partial charge in [0.1, 0.15) is 0 Å². The van der Waals surface area contributed by atoms with Crippen molar-refractivity contribution in [3.05, 3.63) is 23.5 Å². The van der Waals surface area contributed by atoms with Crippen molar-refractivity contribution in [1.29, 1.82) is 0 Å². The SMILES string of the molecule is Cc1cc(/C=C/C(=O)O)nn1C. The van der Waals surface area contributed by atoms with Crippen molar-refractivity contribution in [2.75, 3.05) is 0 Å². The Morgan fingerprint density at radius 1 is 1.75 bits per heavy atom. The topological polar surface area (TPSA) is 55.1 Å². The van der Waals surface area contributed by atoms with E-state index in [0.29, 0.717) is 5.69 Å². The second-order valence-corrected chi connectivity index (χ2v) is 2.51. The minimum absolute atomic E-state index is 0.664. The summed E-state index contributed by atoms with van der Waals surface area (Å²) < 4.78 is 1.70. The zero-order valence-corrected chi connectivity index (χ0v) is 6.98. The summed E-state index contributed by atoms with van der Waals surface area (Å²) in [6, 6.07) is 1.82. The van der Waals surface area contributed by atoms with Crippen LogP contribution in [-0.4, -0.2) is 20.9 Å². The van der Waals surface area contributed by atoms with Crippen molar-refractivity contribution in [1.82, 2.24) is 9.78 Å². The molecule has 64 valence electrons. The zero-order valence-electron chi connectivity index (χ0n) is 6.98. The van der Waals surface area contributed by atoms with E-state index in [1.54, 1.807) is 4.68 Å². The normalized spacial score (nSPS) is 10.8. The number of nitrogens with zero attached hydrogens (tertiary/aromatic N) is 2. The molecule has 0 saturated heterocycles. The van der Waals surface area contributed by atoms with Crippen LogP contribution in [0, 0.1) is 6.92 Å². The highest BCUT2D eigenvalue weighted by Crippen LogP contribution is 2.02. The van der Waals surface area contributed by atoms with Gasteiger partial charge in [-0.25, -0.2) is 4.79 Å². The van der Waals surface area contributed by atoms with Gasteiger partial charge in [-0.05, 0) is 19.1 Å². The molecule has 0 spiro atoms. The van der Waals surface area contributed by atoms with Crippen LogP contribution in [0.4, 0.5) is 0 Å². The predicted molar refractivity (Wildman–Crippen MR) is 44.6 cm³/mol. The second-order valence-electron chi connectivity index (χ2n) is 2.51. The lowest BCUT2D eigenvalue weighted by molar-refractivity contribution is -0.131. The molecular formula is C8H10N2O2. The fourth-order valence-electron chi connectivity index (χ4n) is 0.826. The molecule has 0 radical (unpaired) electrons. The van der Waals surface area contributed by atoms with E-state index in [2.05, 4.69) is 5.10 Å². The number of hydrogen-bond donors (Lipinski definition) is 1. The van der Waals surface area contributed by atoms with E-state index in [9.17, 15) is 4.79 Å². The van der Waals surface area contributed by atoms with E-state index >= 15 is 0 Å². The van der Waals surface area contributed by atoms with Gasteiger partial charge >= 0.3 is 5.97 Å². The third kappa shape index (κ3) is 1.95. The molecule has 0 bridgehead atoms. The highest BCUT2D eigenvalue weighted by Gasteiger charge is 1.96. The van der Waals surface area contributed by atoms with Crippen molar-refractivity contribution >= 4 is 12.0 Å². The molecule has 12 heavy (non-hydrogen) atoms. The summed E-state index contributed by atoms with van der Waals surface area (Å²) in [6.07, 6.45) is 2.54. The van der Waals surface area contributed by atoms with E-state index in [1.807, 2.05) is 20.0 Å². The molecule has 4 nitrogen and oxygen atoms in total. The molecule has 0 aromatic carbocycles. The minimum Gasteiger partial charge on any atom is -0.478 e. The molecule has 0 atom stereocenters. The maximum atomic E-state index is 10.1. The van der Waals surface area contributed by atoms with Gasteiger partial charge in [0, 0.05) is 18.8 Å². The zero-order chi connectivity index (χ0) is 9.14. The smallest absolute Gasteiger partial charge is 0.328 e. The van der Waals surface area contributed by atoms with Crippen LogP contribution in [0.5, 0.6) is 0 Å². The van der Waals surface area contributed by atoms with E-state index in [4.69, 9.17) is 5.11 Å². The molecule has 0 aliphatic rings. The number of aryl methyl sites for hydroxylation is 2. The van der Waals surface area contributed by atoms with Gasteiger partial charge in [0.05, 0.1) is 5.69 Å². The Morgan fingerprint density at radius 3 is 2.83 bits per heavy atom. The van der Waals surface area contributed by atoms with Crippen LogP contribution in [0.3, 0.4) is 0 Å². The van der Waals surface area contributed by atoms with Crippen molar-refractivity contribution < 1.29 is 9.90 Å². The van der Waals surface area contributed by atoms with Crippen LogP contribution in [0.25, 0.3) is 6.08 Å². The number of carboxylic acid groups (broad SMARTS) is 1. The van der Waals surface area contributed by atoms with Crippen LogP contribution >= 0.6 is 0 Å². The molecule has 0 unspecified atom stereocenters. The van der Waals surface area contributed by atoms with E-state index < -0.39 is 5.97 Å². The Bertz CT molecular complexity index is 306. The molecular weight excluding hydrogens is 156 g/mol. The van der Waals surface area contributed by atoms with Gasteiger partial charge in [0.15, 0.2) is 0 Å². The number of aliphatic carboxylic acids is 1. The Labute approximate surface area is 70.1 Å². The van der Waals surface area contributed by atoms with Crippen LogP contribution in [0.15, 0.2) is 12.1 Å². The predicted octanol–water partition coefficient (Wildman–Crippen LogP) is 0.826. The van der Waals surface area contributed by atoms with Crippen LogP contribution < -0.4 is 0 Å². The molecule has 0 aliphatic heterocycles. The first kappa shape index (κ1) is 8.52. The Morgan fingerprint density at radius 2 is 2.42 bits per heavy atom. The molecule has 0 amide bonds. The van der Waals surface area contributed by atoms with E-state index in [1.165, 1.54) is 6.08 Å². The summed E-state index contributed by atoms with van der Waals surface area (Å²) in [5.74, 6) is -0.960. The maximum absolute atomic E-state index is 10.1. The molecule has 1 aromatic rings. The van der Waals surface area contributed by atoms with E-state index in [0.717, 1.165) is 11.8 Å². The molecule has 0 saturated carbocycles. The lowest BCUT2D eigenvalue weighted by atomic mass is 10.3. The number of carbonyl (C=O) groups is 1. The molecule has 0 aliphatic carbocycles. The molecule has 0 fully saturated rings. The largest absolute Gasteiger partial charge is 0.478 e. The first-order valence-corrected chi connectivity index (χ1v) is 3.51. The summed E-state index contributed by atoms with van der Waals surface area (Å²) in [4.78, 5) is 10.1. The van der Waals surface area contributed by atoms with Gasteiger partial charge in [-0.2, -0.15) is 5.10 Å².